The van der Waals surface area contributed by atoms with Gasteiger partial charge in [0, 0.05) is 5.56 Å². The molecule has 0 radical (unpaired) electrons. The summed E-state index contributed by atoms with van der Waals surface area (Å²) in [6.07, 6.45) is 6.48. The molecule has 3 rings (SSSR count). The molecule has 0 aliphatic carbocycles. The van der Waals surface area contributed by atoms with Crippen LogP contribution in [0, 0.1) is 0 Å². The highest BCUT2D eigenvalue weighted by Gasteiger charge is 2.11. The predicted molar refractivity (Wildman–Crippen MR) is 104 cm³/mol. The zero-order valence-electron chi connectivity index (χ0n) is 14.7. The molecule has 0 saturated carbocycles. The minimum Gasteiger partial charge on any atom is -0.437 e. The van der Waals surface area contributed by atoms with Crippen LogP contribution >= 0.6 is 0 Å². The molecule has 0 spiro atoms. The topological polar surface area (TPSA) is 69.4 Å². The number of hydrogen-bond donors (Lipinski definition) is 0. The van der Waals surface area contributed by atoms with Crippen LogP contribution in [-0.4, -0.2) is 11.0 Å². The summed E-state index contributed by atoms with van der Waals surface area (Å²) in [5.74, 6) is 0.0835. The molecule has 5 nitrogen and oxygen atoms in total. The lowest BCUT2D eigenvalue weighted by molar-refractivity contribution is -0.129. The largest absolute Gasteiger partial charge is 0.437 e. The first-order valence-electron chi connectivity index (χ1n) is 8.30. The number of benzene rings is 2. The van der Waals surface area contributed by atoms with Gasteiger partial charge in [0.1, 0.15) is 11.3 Å². The highest BCUT2D eigenvalue weighted by atomic mass is 16.5. The second-order valence-corrected chi connectivity index (χ2v) is 5.59. The molecule has 3 aromatic rings. The van der Waals surface area contributed by atoms with Gasteiger partial charge in [-0.15, -0.1) is 0 Å². The van der Waals surface area contributed by atoms with Crippen molar-refractivity contribution in [3.63, 3.8) is 0 Å². The Hall–Kier alpha value is -3.73. The van der Waals surface area contributed by atoms with E-state index in [9.17, 15) is 9.59 Å². The second-order valence-electron chi connectivity index (χ2n) is 5.59. The second kappa shape index (κ2) is 8.10. The maximum absolute atomic E-state index is 12.2. The first-order valence-corrected chi connectivity index (χ1v) is 8.30. The standard InChI is InChI=1S/C22H17NO4/c1-3-7-16(8-4-2)22(25)26-17-13-11-15(12-14-17)21-23-20(24)18-9-5-6-10-19(18)27-21/h3-14H,1H2,2H3/b8-4-,16-7+. The van der Waals surface area contributed by atoms with E-state index in [1.807, 2.05) is 6.92 Å². The third-order valence-corrected chi connectivity index (χ3v) is 3.72. The van der Waals surface area contributed by atoms with E-state index in [2.05, 4.69) is 11.6 Å². The van der Waals surface area contributed by atoms with E-state index in [0.29, 0.717) is 27.9 Å². The maximum Gasteiger partial charge on any atom is 0.343 e. The summed E-state index contributed by atoms with van der Waals surface area (Å²) < 4.78 is 11.1. The van der Waals surface area contributed by atoms with Crippen LogP contribution in [0.4, 0.5) is 0 Å². The Morgan fingerprint density at radius 3 is 2.59 bits per heavy atom. The van der Waals surface area contributed by atoms with Crippen molar-refractivity contribution in [2.45, 2.75) is 6.92 Å². The molecule has 0 unspecified atom stereocenters. The summed E-state index contributed by atoms with van der Waals surface area (Å²) >= 11 is 0. The number of esters is 1. The number of hydrogen-bond acceptors (Lipinski definition) is 5. The molecule has 0 aliphatic heterocycles. The van der Waals surface area contributed by atoms with E-state index in [4.69, 9.17) is 9.15 Å². The number of fused-ring (bicyclic) bond motifs is 1. The van der Waals surface area contributed by atoms with E-state index in [0.717, 1.165) is 0 Å². The molecule has 0 N–H and O–H groups in total. The van der Waals surface area contributed by atoms with Crippen molar-refractivity contribution in [3.8, 4) is 17.2 Å². The van der Waals surface area contributed by atoms with E-state index in [1.165, 1.54) is 6.08 Å². The Balaban J connectivity index is 1.85. The van der Waals surface area contributed by atoms with Gasteiger partial charge >= 0.3 is 5.97 Å². The van der Waals surface area contributed by atoms with Gasteiger partial charge in [-0.25, -0.2) is 4.79 Å². The summed E-state index contributed by atoms with van der Waals surface area (Å²) in [6, 6.07) is 13.5. The summed E-state index contributed by atoms with van der Waals surface area (Å²) in [7, 11) is 0. The smallest absolute Gasteiger partial charge is 0.343 e. The number of para-hydroxylation sites is 1. The van der Waals surface area contributed by atoms with E-state index < -0.39 is 5.97 Å². The third kappa shape index (κ3) is 4.10. The number of aromatic nitrogens is 1. The van der Waals surface area contributed by atoms with Crippen LogP contribution < -0.4 is 10.3 Å². The number of ether oxygens (including phenoxy) is 1. The average molecular weight is 359 g/mol. The lowest BCUT2D eigenvalue weighted by atomic mass is 10.2. The van der Waals surface area contributed by atoms with Crippen molar-refractivity contribution in [3.05, 3.63) is 95.3 Å². The first kappa shape index (κ1) is 18.1. The zero-order chi connectivity index (χ0) is 19.2. The molecule has 0 amide bonds. The van der Waals surface area contributed by atoms with Crippen LogP contribution in [0.25, 0.3) is 22.4 Å². The molecule has 5 heteroatoms. The van der Waals surface area contributed by atoms with Crippen molar-refractivity contribution >= 4 is 16.9 Å². The van der Waals surface area contributed by atoms with Crippen LogP contribution in [0.1, 0.15) is 6.92 Å². The monoisotopic (exact) mass is 359 g/mol. The summed E-state index contributed by atoms with van der Waals surface area (Å²) in [5, 5.41) is 0.428. The molecule has 0 atom stereocenters. The zero-order valence-corrected chi connectivity index (χ0v) is 14.7. The fourth-order valence-electron chi connectivity index (χ4n) is 2.46. The number of carbonyl (C=O) groups is 1. The van der Waals surface area contributed by atoms with Gasteiger partial charge in [-0.2, -0.15) is 4.98 Å². The Morgan fingerprint density at radius 1 is 1.15 bits per heavy atom. The first-order chi connectivity index (χ1) is 13.1. The van der Waals surface area contributed by atoms with Gasteiger partial charge in [0.2, 0.25) is 5.89 Å². The van der Waals surface area contributed by atoms with E-state index >= 15 is 0 Å². The van der Waals surface area contributed by atoms with Gasteiger partial charge in [0.25, 0.3) is 5.56 Å². The summed E-state index contributed by atoms with van der Waals surface area (Å²) in [4.78, 5) is 28.3. The third-order valence-electron chi connectivity index (χ3n) is 3.72. The Bertz CT molecular complexity index is 1110. The van der Waals surface area contributed by atoms with Gasteiger partial charge in [-0.05, 0) is 49.4 Å². The van der Waals surface area contributed by atoms with E-state index in [-0.39, 0.29) is 11.4 Å². The number of rotatable bonds is 5. The maximum atomic E-state index is 12.2. The quantitative estimate of drug-likeness (QED) is 0.291. The molecule has 0 bridgehead atoms. The van der Waals surface area contributed by atoms with Crippen LogP contribution in [0.15, 0.2) is 94.2 Å². The highest BCUT2D eigenvalue weighted by Crippen LogP contribution is 2.23. The summed E-state index contributed by atoms with van der Waals surface area (Å²) in [5.41, 5.74) is 1.10. The van der Waals surface area contributed by atoms with Crippen LogP contribution in [0.3, 0.4) is 0 Å². The molecule has 1 aromatic heterocycles. The predicted octanol–water partition coefficient (Wildman–Crippen LogP) is 4.45. The molecule has 2 aromatic carbocycles. The molecule has 0 aliphatic rings. The van der Waals surface area contributed by atoms with Gasteiger partial charge in [0.05, 0.1) is 11.0 Å². The molecule has 27 heavy (non-hydrogen) atoms. The molecule has 134 valence electrons. The molecular weight excluding hydrogens is 342 g/mol. The number of allylic oxidation sites excluding steroid dienone is 3. The highest BCUT2D eigenvalue weighted by molar-refractivity contribution is 5.93. The average Bonchev–Trinajstić information content (AvgIpc) is 2.68. The fourth-order valence-corrected chi connectivity index (χ4v) is 2.46. The normalized spacial score (nSPS) is 11.7. The van der Waals surface area contributed by atoms with Gasteiger partial charge in [-0.3, -0.25) is 4.79 Å². The van der Waals surface area contributed by atoms with Crippen LogP contribution in [0.2, 0.25) is 0 Å². The van der Waals surface area contributed by atoms with Crippen molar-refractivity contribution < 1.29 is 13.9 Å². The van der Waals surface area contributed by atoms with Crippen LogP contribution in [-0.2, 0) is 4.79 Å². The molecule has 0 saturated heterocycles. The molecular formula is C22H17NO4. The number of carbonyl (C=O) groups excluding carboxylic acids is 1. The van der Waals surface area contributed by atoms with Gasteiger partial charge < -0.3 is 9.15 Å². The lowest BCUT2D eigenvalue weighted by Gasteiger charge is -2.06. The Kier molecular flexibility index (Phi) is 5.42. The Morgan fingerprint density at radius 2 is 1.89 bits per heavy atom. The van der Waals surface area contributed by atoms with Crippen LogP contribution in [0.5, 0.6) is 5.75 Å². The summed E-state index contributed by atoms with van der Waals surface area (Å²) in [6.45, 7) is 5.39. The van der Waals surface area contributed by atoms with Crippen molar-refractivity contribution in [1.82, 2.24) is 4.98 Å². The number of nitrogens with zero attached hydrogens (tertiary/aromatic N) is 1. The fraction of sp³-hybridized carbons (Fsp3) is 0.0455. The van der Waals surface area contributed by atoms with Gasteiger partial charge in [0.15, 0.2) is 0 Å². The van der Waals surface area contributed by atoms with Crippen molar-refractivity contribution in [1.29, 1.82) is 0 Å². The minimum absolute atomic E-state index is 0.206. The van der Waals surface area contributed by atoms with E-state index in [1.54, 1.807) is 66.8 Å². The minimum atomic E-state index is -0.490. The Labute approximate surface area is 155 Å². The SMILES string of the molecule is C=C/C=C(\C=C/C)C(=O)Oc1ccc(-c2nc(=O)c3ccccc3o2)cc1. The lowest BCUT2D eigenvalue weighted by Crippen LogP contribution is -2.10. The van der Waals surface area contributed by atoms with Crippen molar-refractivity contribution in [2.24, 2.45) is 0 Å². The van der Waals surface area contributed by atoms with Gasteiger partial charge in [-0.1, -0.05) is 36.9 Å². The van der Waals surface area contributed by atoms with Crippen molar-refractivity contribution in [2.75, 3.05) is 0 Å². The molecule has 0 fully saturated rings. The molecule has 1 heterocycles.